The summed E-state index contributed by atoms with van der Waals surface area (Å²) in [6.07, 6.45) is 0. The van der Waals surface area contributed by atoms with Crippen LogP contribution in [-0.4, -0.2) is 79.6 Å². The van der Waals surface area contributed by atoms with E-state index in [-0.39, 0.29) is 11.7 Å². The van der Waals surface area contributed by atoms with Crippen LogP contribution >= 0.6 is 0 Å². The van der Waals surface area contributed by atoms with Gasteiger partial charge >= 0.3 is 0 Å². The Morgan fingerprint density at radius 1 is 1.12 bits per heavy atom. The molecule has 1 amide bonds. The van der Waals surface area contributed by atoms with E-state index in [1.54, 1.807) is 12.1 Å². The third-order valence-corrected chi connectivity index (χ3v) is 4.76. The van der Waals surface area contributed by atoms with Gasteiger partial charge in [0.1, 0.15) is 5.82 Å². The van der Waals surface area contributed by atoms with Crippen molar-refractivity contribution in [2.75, 3.05) is 59.0 Å². The van der Waals surface area contributed by atoms with E-state index in [1.807, 2.05) is 11.0 Å². The van der Waals surface area contributed by atoms with Crippen LogP contribution in [0.3, 0.4) is 0 Å². The number of nitriles is 1. The Balaban J connectivity index is 1.47. The molecule has 0 aliphatic carbocycles. The van der Waals surface area contributed by atoms with Gasteiger partial charge in [-0.05, 0) is 12.1 Å². The molecule has 0 bridgehead atoms. The lowest BCUT2D eigenvalue weighted by Crippen LogP contribution is -2.52. The number of halogens is 1. The van der Waals surface area contributed by atoms with Gasteiger partial charge in [-0.25, -0.2) is 4.39 Å². The number of ether oxygens (including phenoxy) is 1. The summed E-state index contributed by atoms with van der Waals surface area (Å²) in [4.78, 5) is 18.6. The average Bonchev–Trinajstić information content (AvgIpc) is 2.64. The van der Waals surface area contributed by atoms with Crippen molar-refractivity contribution in [3.05, 3.63) is 35.1 Å². The highest BCUT2D eigenvalue weighted by Gasteiger charge is 2.24. The van der Waals surface area contributed by atoms with Crippen LogP contribution in [-0.2, 0) is 16.1 Å². The molecule has 134 valence electrons. The van der Waals surface area contributed by atoms with Gasteiger partial charge in [-0.1, -0.05) is 6.07 Å². The molecule has 2 saturated heterocycles. The lowest BCUT2D eigenvalue weighted by molar-refractivity contribution is -0.135. The van der Waals surface area contributed by atoms with Crippen molar-refractivity contribution >= 4 is 5.91 Å². The van der Waals surface area contributed by atoms with Gasteiger partial charge in [-0.2, -0.15) is 5.26 Å². The van der Waals surface area contributed by atoms with Gasteiger partial charge in [-0.15, -0.1) is 0 Å². The molecule has 2 fully saturated rings. The number of carbonyl (C=O) groups is 1. The van der Waals surface area contributed by atoms with Crippen molar-refractivity contribution in [3.8, 4) is 6.07 Å². The summed E-state index contributed by atoms with van der Waals surface area (Å²) in [5.74, 6) is -0.184. The molecule has 0 N–H and O–H groups in total. The monoisotopic (exact) mass is 346 g/mol. The van der Waals surface area contributed by atoms with E-state index in [1.165, 1.54) is 6.07 Å². The van der Waals surface area contributed by atoms with Crippen LogP contribution in [0, 0.1) is 17.1 Å². The van der Waals surface area contributed by atoms with Gasteiger partial charge in [0, 0.05) is 51.4 Å². The molecule has 0 aromatic heterocycles. The molecule has 0 saturated carbocycles. The zero-order chi connectivity index (χ0) is 17.6. The average molecular weight is 346 g/mol. The van der Waals surface area contributed by atoms with E-state index >= 15 is 0 Å². The molecule has 0 spiro atoms. The van der Waals surface area contributed by atoms with Crippen molar-refractivity contribution in [1.29, 1.82) is 5.26 Å². The Morgan fingerprint density at radius 3 is 2.48 bits per heavy atom. The lowest BCUT2D eigenvalue weighted by atomic mass is 10.1. The van der Waals surface area contributed by atoms with E-state index in [0.29, 0.717) is 50.5 Å². The quantitative estimate of drug-likeness (QED) is 0.802. The predicted molar refractivity (Wildman–Crippen MR) is 90.2 cm³/mol. The molecule has 25 heavy (non-hydrogen) atoms. The number of hydrogen-bond donors (Lipinski definition) is 0. The molecule has 2 aliphatic rings. The maximum absolute atomic E-state index is 14.0. The number of benzene rings is 1. The Bertz CT molecular complexity index is 647. The van der Waals surface area contributed by atoms with Crippen LogP contribution in [0.15, 0.2) is 18.2 Å². The van der Waals surface area contributed by atoms with Crippen LogP contribution < -0.4 is 0 Å². The first-order valence-corrected chi connectivity index (χ1v) is 8.64. The fourth-order valence-corrected chi connectivity index (χ4v) is 3.19. The number of morpholine rings is 1. The minimum atomic E-state index is -0.343. The Labute approximate surface area is 147 Å². The van der Waals surface area contributed by atoms with Crippen LogP contribution in [0.1, 0.15) is 11.1 Å². The zero-order valence-corrected chi connectivity index (χ0v) is 14.3. The molecule has 2 aliphatic heterocycles. The lowest BCUT2D eigenvalue weighted by Gasteiger charge is -2.36. The van der Waals surface area contributed by atoms with Crippen molar-refractivity contribution < 1.29 is 13.9 Å². The highest BCUT2D eigenvalue weighted by atomic mass is 19.1. The van der Waals surface area contributed by atoms with Gasteiger partial charge in [0.05, 0.1) is 31.4 Å². The van der Waals surface area contributed by atoms with Crippen molar-refractivity contribution in [1.82, 2.24) is 14.7 Å². The summed E-state index contributed by atoms with van der Waals surface area (Å²) in [7, 11) is 0. The van der Waals surface area contributed by atoms with Crippen molar-refractivity contribution in [2.24, 2.45) is 0 Å². The summed E-state index contributed by atoms with van der Waals surface area (Å²) in [5.41, 5.74) is 0.923. The normalized spacial score (nSPS) is 19.6. The molecule has 3 rings (SSSR count). The standard InChI is InChI=1S/C18H23FN4O2/c19-17-11-15(12-20)1-2-16(17)13-21-3-5-23(6-4-21)18(24)14-22-7-9-25-10-8-22/h1-2,11H,3-10,13-14H2. The maximum atomic E-state index is 14.0. The number of hydrogen-bond acceptors (Lipinski definition) is 5. The molecule has 0 atom stereocenters. The second-order valence-electron chi connectivity index (χ2n) is 6.46. The summed E-state index contributed by atoms with van der Waals surface area (Å²) in [5, 5.41) is 8.80. The number of amides is 1. The first-order valence-electron chi connectivity index (χ1n) is 8.64. The first kappa shape index (κ1) is 17.8. The van der Waals surface area contributed by atoms with Gasteiger partial charge < -0.3 is 9.64 Å². The van der Waals surface area contributed by atoms with E-state index in [9.17, 15) is 9.18 Å². The topological polar surface area (TPSA) is 59.8 Å². The number of rotatable bonds is 4. The summed E-state index contributed by atoms with van der Waals surface area (Å²) >= 11 is 0. The molecule has 2 heterocycles. The molecule has 7 heteroatoms. The van der Waals surface area contributed by atoms with Gasteiger partial charge in [0.25, 0.3) is 0 Å². The minimum Gasteiger partial charge on any atom is -0.379 e. The summed E-state index contributed by atoms with van der Waals surface area (Å²) < 4.78 is 19.3. The van der Waals surface area contributed by atoms with E-state index < -0.39 is 0 Å². The second-order valence-corrected chi connectivity index (χ2v) is 6.46. The zero-order valence-electron chi connectivity index (χ0n) is 14.3. The van der Waals surface area contributed by atoms with Gasteiger partial charge in [0.15, 0.2) is 0 Å². The highest BCUT2D eigenvalue weighted by Crippen LogP contribution is 2.14. The van der Waals surface area contributed by atoms with Gasteiger partial charge in [0.2, 0.25) is 5.91 Å². The predicted octanol–water partition coefficient (Wildman–Crippen LogP) is 0.674. The number of nitrogens with zero attached hydrogens (tertiary/aromatic N) is 4. The molecule has 0 unspecified atom stereocenters. The molecular formula is C18H23FN4O2. The third kappa shape index (κ3) is 4.75. The smallest absolute Gasteiger partial charge is 0.236 e. The Hall–Kier alpha value is -2.01. The largest absolute Gasteiger partial charge is 0.379 e. The molecule has 1 aromatic carbocycles. The van der Waals surface area contributed by atoms with Gasteiger partial charge in [-0.3, -0.25) is 14.6 Å². The second kappa shape index (κ2) is 8.39. The molecule has 6 nitrogen and oxygen atoms in total. The third-order valence-electron chi connectivity index (χ3n) is 4.76. The van der Waals surface area contributed by atoms with Crippen molar-refractivity contribution in [3.63, 3.8) is 0 Å². The van der Waals surface area contributed by atoms with E-state index in [2.05, 4.69) is 9.80 Å². The Morgan fingerprint density at radius 2 is 1.84 bits per heavy atom. The fraction of sp³-hybridized carbons (Fsp3) is 0.556. The first-order chi connectivity index (χ1) is 12.2. The van der Waals surface area contributed by atoms with E-state index in [4.69, 9.17) is 10.00 Å². The van der Waals surface area contributed by atoms with Crippen molar-refractivity contribution in [2.45, 2.75) is 6.54 Å². The minimum absolute atomic E-state index is 0.158. The number of carbonyl (C=O) groups excluding carboxylic acids is 1. The van der Waals surface area contributed by atoms with Crippen LogP contribution in [0.2, 0.25) is 0 Å². The maximum Gasteiger partial charge on any atom is 0.236 e. The number of piperazine rings is 1. The Kier molecular flexibility index (Phi) is 5.97. The highest BCUT2D eigenvalue weighted by molar-refractivity contribution is 5.78. The van der Waals surface area contributed by atoms with Crippen LogP contribution in [0.25, 0.3) is 0 Å². The summed E-state index contributed by atoms with van der Waals surface area (Å²) in [6.45, 7) is 6.75. The molecule has 0 radical (unpaired) electrons. The van der Waals surface area contributed by atoms with Crippen LogP contribution in [0.4, 0.5) is 4.39 Å². The van der Waals surface area contributed by atoms with Crippen LogP contribution in [0.5, 0.6) is 0 Å². The summed E-state index contributed by atoms with van der Waals surface area (Å²) in [6, 6.07) is 6.53. The fourth-order valence-electron chi connectivity index (χ4n) is 3.19. The molecule has 1 aromatic rings. The van der Waals surface area contributed by atoms with E-state index in [0.717, 1.165) is 26.2 Å². The molecular weight excluding hydrogens is 323 g/mol. The SMILES string of the molecule is N#Cc1ccc(CN2CCN(C(=O)CN3CCOCC3)CC2)c(F)c1.